The summed E-state index contributed by atoms with van der Waals surface area (Å²) in [6.07, 6.45) is 0.284. The standard InChI is InChI=1S/C29H32Cl3N3O4S/c1-5-25(28(37)33-29(2,3)4)34(18-20-15-16-22(30)24(32)17-20)27(36)19-35(26-14-10-9-13-23(26)31)40(38,39)21-11-7-6-8-12-21/h6-17,25H,5,18-19H2,1-4H3,(H,33,37). The van der Waals surface area contributed by atoms with Crippen LogP contribution in [0, 0.1) is 0 Å². The number of rotatable bonds is 10. The predicted molar refractivity (Wildman–Crippen MR) is 161 cm³/mol. The van der Waals surface area contributed by atoms with Gasteiger partial charge in [-0.2, -0.15) is 0 Å². The molecule has 11 heteroatoms. The number of hydrogen-bond donors (Lipinski definition) is 1. The molecule has 0 saturated heterocycles. The van der Waals surface area contributed by atoms with Crippen molar-refractivity contribution in [3.05, 3.63) is 93.4 Å². The van der Waals surface area contributed by atoms with E-state index in [9.17, 15) is 18.0 Å². The van der Waals surface area contributed by atoms with E-state index in [0.717, 1.165) is 4.31 Å². The minimum absolute atomic E-state index is 0.00345. The quantitative estimate of drug-likeness (QED) is 0.277. The first kappa shape index (κ1) is 31.7. The molecular weight excluding hydrogens is 593 g/mol. The molecule has 7 nitrogen and oxygen atoms in total. The fraction of sp³-hybridized carbons (Fsp3) is 0.310. The highest BCUT2D eigenvalue weighted by molar-refractivity contribution is 7.92. The van der Waals surface area contributed by atoms with Crippen LogP contribution in [0.15, 0.2) is 77.7 Å². The lowest BCUT2D eigenvalue weighted by Crippen LogP contribution is -2.55. The Kier molecular flexibility index (Phi) is 10.5. The monoisotopic (exact) mass is 623 g/mol. The number of amides is 2. The van der Waals surface area contributed by atoms with Crippen LogP contribution >= 0.6 is 34.8 Å². The van der Waals surface area contributed by atoms with Crippen molar-refractivity contribution in [3.63, 3.8) is 0 Å². The highest BCUT2D eigenvalue weighted by atomic mass is 35.5. The summed E-state index contributed by atoms with van der Waals surface area (Å²) in [6, 6.07) is 18.2. The molecule has 0 aliphatic rings. The zero-order valence-electron chi connectivity index (χ0n) is 22.7. The minimum Gasteiger partial charge on any atom is -0.350 e. The fourth-order valence-electron chi connectivity index (χ4n) is 4.09. The van der Waals surface area contributed by atoms with Crippen molar-refractivity contribution in [2.24, 2.45) is 0 Å². The van der Waals surface area contributed by atoms with Crippen LogP contribution in [0.4, 0.5) is 5.69 Å². The van der Waals surface area contributed by atoms with E-state index in [2.05, 4.69) is 5.32 Å². The van der Waals surface area contributed by atoms with Gasteiger partial charge in [0.25, 0.3) is 10.0 Å². The van der Waals surface area contributed by atoms with Gasteiger partial charge in [0, 0.05) is 12.1 Å². The zero-order valence-corrected chi connectivity index (χ0v) is 25.8. The smallest absolute Gasteiger partial charge is 0.264 e. The Hall–Kier alpha value is -2.78. The summed E-state index contributed by atoms with van der Waals surface area (Å²) in [5.74, 6) is -0.958. The molecule has 214 valence electrons. The largest absolute Gasteiger partial charge is 0.350 e. The first-order valence-corrected chi connectivity index (χ1v) is 15.2. The molecule has 0 bridgehead atoms. The summed E-state index contributed by atoms with van der Waals surface area (Å²) < 4.78 is 28.6. The van der Waals surface area contributed by atoms with Gasteiger partial charge in [0.05, 0.1) is 25.7 Å². The van der Waals surface area contributed by atoms with Crippen LogP contribution in [0.1, 0.15) is 39.7 Å². The lowest BCUT2D eigenvalue weighted by atomic mass is 10.1. The molecule has 3 rings (SSSR count). The molecular formula is C29H32Cl3N3O4S. The van der Waals surface area contributed by atoms with Crippen molar-refractivity contribution in [1.29, 1.82) is 0 Å². The average molecular weight is 625 g/mol. The van der Waals surface area contributed by atoms with Crippen LogP contribution in [0.5, 0.6) is 0 Å². The van der Waals surface area contributed by atoms with Gasteiger partial charge < -0.3 is 10.2 Å². The Balaban J connectivity index is 2.09. The predicted octanol–water partition coefficient (Wildman–Crippen LogP) is 6.56. The second-order valence-electron chi connectivity index (χ2n) is 10.2. The van der Waals surface area contributed by atoms with Crippen molar-refractivity contribution in [3.8, 4) is 0 Å². The second kappa shape index (κ2) is 13.3. The van der Waals surface area contributed by atoms with Crippen LogP contribution in [0.3, 0.4) is 0 Å². The summed E-state index contributed by atoms with van der Waals surface area (Å²) >= 11 is 18.8. The summed E-state index contributed by atoms with van der Waals surface area (Å²) in [5, 5.41) is 3.73. The molecule has 0 aliphatic carbocycles. The van der Waals surface area contributed by atoms with Gasteiger partial charge in [-0.05, 0) is 69.2 Å². The van der Waals surface area contributed by atoms with E-state index in [-0.39, 0.29) is 34.5 Å². The molecule has 1 atom stereocenters. The molecule has 3 aromatic rings. The Labute approximate surface area is 251 Å². The number of hydrogen-bond acceptors (Lipinski definition) is 4. The molecule has 0 heterocycles. The SMILES string of the molecule is CCC(C(=O)NC(C)(C)C)N(Cc1ccc(Cl)c(Cl)c1)C(=O)CN(c1ccccc1Cl)S(=O)(=O)c1ccccc1. The van der Waals surface area contributed by atoms with E-state index in [1.165, 1.54) is 23.1 Å². The van der Waals surface area contributed by atoms with Gasteiger partial charge in [-0.3, -0.25) is 13.9 Å². The van der Waals surface area contributed by atoms with E-state index in [4.69, 9.17) is 34.8 Å². The molecule has 0 fully saturated rings. The van der Waals surface area contributed by atoms with Crippen molar-refractivity contribution in [2.75, 3.05) is 10.8 Å². The molecule has 0 aliphatic heterocycles. The second-order valence-corrected chi connectivity index (χ2v) is 13.3. The Morgan fingerprint density at radius 2 is 1.50 bits per heavy atom. The van der Waals surface area contributed by atoms with Crippen LogP contribution < -0.4 is 9.62 Å². The Morgan fingerprint density at radius 3 is 2.08 bits per heavy atom. The lowest BCUT2D eigenvalue weighted by Gasteiger charge is -2.35. The van der Waals surface area contributed by atoms with Gasteiger partial charge in [0.15, 0.2) is 0 Å². The number of nitrogens with one attached hydrogen (secondary N) is 1. The topological polar surface area (TPSA) is 86.8 Å². The third-order valence-corrected chi connectivity index (χ3v) is 8.78. The average Bonchev–Trinajstić information content (AvgIpc) is 2.89. The number of nitrogens with zero attached hydrogens (tertiary/aromatic N) is 2. The number of para-hydroxylation sites is 1. The molecule has 3 aromatic carbocycles. The van der Waals surface area contributed by atoms with E-state index in [0.29, 0.717) is 15.6 Å². The van der Waals surface area contributed by atoms with Gasteiger partial charge in [0.1, 0.15) is 12.6 Å². The summed E-state index contributed by atoms with van der Waals surface area (Å²) in [4.78, 5) is 28.8. The van der Waals surface area contributed by atoms with Crippen molar-refractivity contribution < 1.29 is 18.0 Å². The molecule has 0 aromatic heterocycles. The summed E-state index contributed by atoms with van der Waals surface area (Å²) in [7, 11) is -4.21. The maximum atomic E-state index is 14.1. The zero-order chi connectivity index (χ0) is 29.7. The van der Waals surface area contributed by atoms with Gasteiger partial charge in [-0.15, -0.1) is 0 Å². The number of benzene rings is 3. The number of carbonyl (C=O) groups is 2. The fourth-order valence-corrected chi connectivity index (χ4v) is 6.16. The summed E-state index contributed by atoms with van der Waals surface area (Å²) in [6.45, 7) is 6.71. The first-order chi connectivity index (χ1) is 18.7. The Morgan fingerprint density at radius 1 is 0.875 bits per heavy atom. The number of sulfonamides is 1. The first-order valence-electron chi connectivity index (χ1n) is 12.6. The van der Waals surface area contributed by atoms with Crippen LogP contribution in [-0.4, -0.2) is 43.3 Å². The highest BCUT2D eigenvalue weighted by Crippen LogP contribution is 2.31. The molecule has 2 amide bonds. The lowest BCUT2D eigenvalue weighted by molar-refractivity contribution is -0.141. The van der Waals surface area contributed by atoms with Crippen LogP contribution in [0.25, 0.3) is 0 Å². The van der Waals surface area contributed by atoms with Gasteiger partial charge in [-0.25, -0.2) is 8.42 Å². The number of anilines is 1. The van der Waals surface area contributed by atoms with Crippen molar-refractivity contribution >= 4 is 62.3 Å². The summed E-state index contributed by atoms with van der Waals surface area (Å²) in [5.41, 5.74) is 0.214. The van der Waals surface area contributed by atoms with Gasteiger partial charge in [0.2, 0.25) is 11.8 Å². The van der Waals surface area contributed by atoms with Crippen LogP contribution in [-0.2, 0) is 26.2 Å². The number of carbonyl (C=O) groups excluding carboxylic acids is 2. The molecule has 1 unspecified atom stereocenters. The molecule has 1 N–H and O–H groups in total. The highest BCUT2D eigenvalue weighted by Gasteiger charge is 2.35. The molecule has 0 spiro atoms. The van der Waals surface area contributed by atoms with E-state index < -0.39 is 34.1 Å². The maximum Gasteiger partial charge on any atom is 0.264 e. The molecule has 0 radical (unpaired) electrons. The third-order valence-electron chi connectivity index (χ3n) is 5.95. The minimum atomic E-state index is -4.21. The third kappa shape index (κ3) is 7.91. The van der Waals surface area contributed by atoms with Gasteiger partial charge >= 0.3 is 0 Å². The van der Waals surface area contributed by atoms with Crippen molar-refractivity contribution in [2.45, 2.75) is 57.1 Å². The van der Waals surface area contributed by atoms with E-state index in [1.54, 1.807) is 61.5 Å². The molecule has 40 heavy (non-hydrogen) atoms. The van der Waals surface area contributed by atoms with Crippen molar-refractivity contribution in [1.82, 2.24) is 10.2 Å². The maximum absolute atomic E-state index is 14.1. The van der Waals surface area contributed by atoms with E-state index in [1.807, 2.05) is 20.8 Å². The van der Waals surface area contributed by atoms with Gasteiger partial charge in [-0.1, -0.05) is 78.1 Å². The number of halogens is 3. The van der Waals surface area contributed by atoms with Crippen LogP contribution in [0.2, 0.25) is 15.1 Å². The molecule has 0 saturated carbocycles. The van der Waals surface area contributed by atoms with E-state index >= 15 is 0 Å². The normalized spacial score (nSPS) is 12.5. The Bertz CT molecular complexity index is 1460.